The highest BCUT2D eigenvalue weighted by Crippen LogP contribution is 2.44. The van der Waals surface area contributed by atoms with E-state index in [1.807, 2.05) is 0 Å². The van der Waals surface area contributed by atoms with E-state index < -0.39 is 5.91 Å². The minimum absolute atomic E-state index is 0.0902. The third kappa shape index (κ3) is 2.97. The molecule has 5 N–H and O–H groups in total. The second-order valence-electron chi connectivity index (χ2n) is 5.59. The van der Waals surface area contributed by atoms with Crippen molar-refractivity contribution < 1.29 is 9.59 Å². The van der Waals surface area contributed by atoms with Gasteiger partial charge in [-0.15, -0.1) is 0 Å². The Labute approximate surface area is 102 Å². The topological polar surface area (TPSA) is 98.2 Å². The lowest BCUT2D eigenvalue weighted by molar-refractivity contribution is -0.134. The number of primary amides is 1. The Bertz CT molecular complexity index is 315. The van der Waals surface area contributed by atoms with Crippen LogP contribution in [-0.2, 0) is 9.59 Å². The van der Waals surface area contributed by atoms with Gasteiger partial charge >= 0.3 is 0 Å². The number of nitrogens with one attached hydrogen (secondary N) is 1. The molecule has 17 heavy (non-hydrogen) atoms. The molecule has 0 bridgehead atoms. The fourth-order valence-electron chi connectivity index (χ4n) is 2.62. The monoisotopic (exact) mass is 241 g/mol. The fourth-order valence-corrected chi connectivity index (χ4v) is 2.62. The predicted molar refractivity (Wildman–Crippen MR) is 65.8 cm³/mol. The van der Waals surface area contributed by atoms with Crippen molar-refractivity contribution in [3.05, 3.63) is 0 Å². The molecular formula is C12H23N3O2. The van der Waals surface area contributed by atoms with Crippen LogP contribution in [0.2, 0.25) is 0 Å². The maximum absolute atomic E-state index is 12.0. The Kier molecular flexibility index (Phi) is 4.14. The van der Waals surface area contributed by atoms with Crippen molar-refractivity contribution in [2.45, 2.75) is 39.7 Å². The Morgan fingerprint density at radius 2 is 1.94 bits per heavy atom. The third-order valence-corrected chi connectivity index (χ3v) is 4.26. The molecule has 0 heterocycles. The van der Waals surface area contributed by atoms with Gasteiger partial charge in [0.2, 0.25) is 11.8 Å². The van der Waals surface area contributed by atoms with Crippen molar-refractivity contribution in [3.8, 4) is 0 Å². The summed E-state index contributed by atoms with van der Waals surface area (Å²) in [7, 11) is 0. The summed E-state index contributed by atoms with van der Waals surface area (Å²) in [6.07, 6.45) is 1.61. The summed E-state index contributed by atoms with van der Waals surface area (Å²) in [6.45, 7) is 6.11. The van der Waals surface area contributed by atoms with Crippen LogP contribution in [0, 0.1) is 17.3 Å². The fraction of sp³-hybridized carbons (Fsp3) is 0.833. The van der Waals surface area contributed by atoms with E-state index in [0.717, 1.165) is 12.8 Å². The summed E-state index contributed by atoms with van der Waals surface area (Å²) in [4.78, 5) is 22.7. The molecule has 0 radical (unpaired) electrons. The molecule has 0 spiro atoms. The summed E-state index contributed by atoms with van der Waals surface area (Å²) in [5.41, 5.74) is 10.9. The van der Waals surface area contributed by atoms with Gasteiger partial charge in [-0.2, -0.15) is 0 Å². The highest BCUT2D eigenvalue weighted by Gasteiger charge is 2.44. The van der Waals surface area contributed by atoms with Gasteiger partial charge in [0.05, 0.1) is 6.54 Å². The Morgan fingerprint density at radius 1 is 1.35 bits per heavy atom. The number of hydrogen-bond acceptors (Lipinski definition) is 3. The molecule has 1 aliphatic carbocycles. The molecule has 5 heteroatoms. The highest BCUT2D eigenvalue weighted by atomic mass is 16.2. The number of carbonyl (C=O) groups excluding carboxylic acids is 2. The molecule has 1 aliphatic rings. The highest BCUT2D eigenvalue weighted by molar-refractivity contribution is 5.85. The molecule has 5 nitrogen and oxygen atoms in total. The van der Waals surface area contributed by atoms with Gasteiger partial charge in [0, 0.05) is 12.0 Å². The lowest BCUT2D eigenvalue weighted by Crippen LogP contribution is -2.52. The molecule has 2 amide bonds. The third-order valence-electron chi connectivity index (χ3n) is 4.26. The molecule has 3 unspecified atom stereocenters. The molecule has 0 aromatic heterocycles. The zero-order valence-electron chi connectivity index (χ0n) is 10.8. The van der Waals surface area contributed by atoms with Gasteiger partial charge in [-0.25, -0.2) is 0 Å². The minimum Gasteiger partial charge on any atom is -0.368 e. The molecule has 1 rings (SSSR count). The van der Waals surface area contributed by atoms with Gasteiger partial charge in [0.1, 0.15) is 0 Å². The molecule has 98 valence electrons. The predicted octanol–water partition coefficient (Wildman–Crippen LogP) is -0.0125. The van der Waals surface area contributed by atoms with Crippen LogP contribution in [0.25, 0.3) is 0 Å². The molecule has 0 aromatic carbocycles. The average Bonchev–Trinajstić information content (AvgIpc) is 2.23. The van der Waals surface area contributed by atoms with E-state index in [4.69, 9.17) is 11.5 Å². The number of nitrogens with two attached hydrogens (primary N) is 2. The average molecular weight is 241 g/mol. The quantitative estimate of drug-likeness (QED) is 0.648. The first-order valence-corrected chi connectivity index (χ1v) is 6.08. The van der Waals surface area contributed by atoms with Crippen LogP contribution in [0.15, 0.2) is 0 Å². The van der Waals surface area contributed by atoms with Crippen LogP contribution >= 0.6 is 0 Å². The van der Waals surface area contributed by atoms with E-state index in [1.54, 1.807) is 0 Å². The largest absolute Gasteiger partial charge is 0.368 e. The van der Waals surface area contributed by atoms with Crippen LogP contribution in [-0.4, -0.2) is 24.4 Å². The van der Waals surface area contributed by atoms with Crippen molar-refractivity contribution in [1.29, 1.82) is 0 Å². The van der Waals surface area contributed by atoms with Crippen LogP contribution in [0.4, 0.5) is 0 Å². The van der Waals surface area contributed by atoms with E-state index >= 15 is 0 Å². The Morgan fingerprint density at radius 3 is 2.47 bits per heavy atom. The van der Waals surface area contributed by atoms with Crippen molar-refractivity contribution in [1.82, 2.24) is 5.32 Å². The molecule has 0 aromatic rings. The lowest BCUT2D eigenvalue weighted by atomic mass is 9.61. The molecule has 1 fully saturated rings. The first-order chi connectivity index (χ1) is 7.76. The van der Waals surface area contributed by atoms with E-state index in [1.165, 1.54) is 0 Å². The molecule has 0 aliphatic heterocycles. The smallest absolute Gasteiger partial charge is 0.236 e. The van der Waals surface area contributed by atoms with Crippen molar-refractivity contribution in [3.63, 3.8) is 0 Å². The van der Waals surface area contributed by atoms with E-state index in [9.17, 15) is 9.59 Å². The van der Waals surface area contributed by atoms with Gasteiger partial charge in [0.25, 0.3) is 0 Å². The number of rotatable bonds is 3. The van der Waals surface area contributed by atoms with Gasteiger partial charge in [0.15, 0.2) is 0 Å². The normalized spacial score (nSPS) is 31.9. The summed E-state index contributed by atoms with van der Waals surface area (Å²) in [6, 6.07) is 0.144. The first kappa shape index (κ1) is 14.0. The van der Waals surface area contributed by atoms with Crippen LogP contribution in [0.5, 0.6) is 0 Å². The minimum atomic E-state index is -0.517. The maximum atomic E-state index is 12.0. The van der Waals surface area contributed by atoms with E-state index in [0.29, 0.717) is 0 Å². The summed E-state index contributed by atoms with van der Waals surface area (Å²) < 4.78 is 0. The Hall–Kier alpha value is -1.10. The van der Waals surface area contributed by atoms with Gasteiger partial charge in [-0.1, -0.05) is 20.8 Å². The molecule has 1 saturated carbocycles. The van der Waals surface area contributed by atoms with Gasteiger partial charge < -0.3 is 16.8 Å². The van der Waals surface area contributed by atoms with Crippen molar-refractivity contribution >= 4 is 11.8 Å². The molecule has 0 saturated heterocycles. The number of carbonyl (C=O) groups is 2. The summed E-state index contributed by atoms with van der Waals surface area (Å²) in [5.74, 6) is -0.429. The molecular weight excluding hydrogens is 218 g/mol. The van der Waals surface area contributed by atoms with Crippen LogP contribution in [0.3, 0.4) is 0 Å². The lowest BCUT2D eigenvalue weighted by Gasteiger charge is -2.45. The first-order valence-electron chi connectivity index (χ1n) is 6.08. The SMILES string of the molecule is CC1C(N)CCC(C(=O)NCC(N)=O)C1(C)C. The number of amides is 2. The van der Waals surface area contributed by atoms with Crippen molar-refractivity contribution in [2.24, 2.45) is 28.7 Å². The molecule has 3 atom stereocenters. The zero-order valence-corrected chi connectivity index (χ0v) is 10.8. The maximum Gasteiger partial charge on any atom is 0.236 e. The second-order valence-corrected chi connectivity index (χ2v) is 5.59. The van der Waals surface area contributed by atoms with Gasteiger partial charge in [-0.05, 0) is 24.2 Å². The van der Waals surface area contributed by atoms with Crippen LogP contribution < -0.4 is 16.8 Å². The zero-order chi connectivity index (χ0) is 13.2. The number of hydrogen-bond donors (Lipinski definition) is 3. The second kappa shape index (κ2) is 5.04. The standard InChI is InChI=1S/C12H23N3O2/c1-7-9(13)5-4-8(12(7,2)3)11(17)15-6-10(14)16/h7-9H,4-6,13H2,1-3H3,(H2,14,16)(H,15,17). The van der Waals surface area contributed by atoms with Gasteiger partial charge in [-0.3, -0.25) is 9.59 Å². The van der Waals surface area contributed by atoms with E-state index in [-0.39, 0.29) is 35.7 Å². The summed E-state index contributed by atoms with van der Waals surface area (Å²) in [5, 5.41) is 2.59. The Balaban J connectivity index is 2.70. The summed E-state index contributed by atoms with van der Waals surface area (Å²) >= 11 is 0. The van der Waals surface area contributed by atoms with Crippen molar-refractivity contribution in [2.75, 3.05) is 6.54 Å². The van der Waals surface area contributed by atoms with Crippen LogP contribution in [0.1, 0.15) is 33.6 Å². The van der Waals surface area contributed by atoms with E-state index in [2.05, 4.69) is 26.1 Å².